The van der Waals surface area contributed by atoms with Crippen molar-refractivity contribution in [1.29, 1.82) is 0 Å². The highest BCUT2D eigenvalue weighted by atomic mass is 35.5. The van der Waals surface area contributed by atoms with Gasteiger partial charge in [-0.25, -0.2) is 4.39 Å². The molecule has 148 valence electrons. The quantitative estimate of drug-likeness (QED) is 0.638. The number of hydrogen-bond donors (Lipinski definition) is 0. The van der Waals surface area contributed by atoms with Crippen LogP contribution in [0.5, 0.6) is 0 Å². The van der Waals surface area contributed by atoms with Crippen LogP contribution in [0.3, 0.4) is 0 Å². The fourth-order valence-corrected chi connectivity index (χ4v) is 4.56. The van der Waals surface area contributed by atoms with Gasteiger partial charge in [0.2, 0.25) is 0 Å². The first-order valence-electron chi connectivity index (χ1n) is 9.54. The van der Waals surface area contributed by atoms with Crippen molar-refractivity contribution in [2.45, 2.75) is 31.6 Å². The monoisotopic (exact) mass is 404 g/mol. The molecule has 5 nitrogen and oxygen atoms in total. The lowest BCUT2D eigenvalue weighted by Gasteiger charge is -2.34. The largest absolute Gasteiger partial charge is 0.469 e. The first-order chi connectivity index (χ1) is 13.2. The van der Waals surface area contributed by atoms with E-state index in [0.29, 0.717) is 23.8 Å². The molecule has 5 rings (SSSR count). The maximum Gasteiger partial charge on any atom is 0.170 e. The van der Waals surface area contributed by atoms with E-state index in [-0.39, 0.29) is 24.0 Å². The fourth-order valence-electron chi connectivity index (χ4n) is 4.56. The zero-order valence-corrected chi connectivity index (χ0v) is 16.2. The zero-order valence-electron chi connectivity index (χ0n) is 15.4. The van der Waals surface area contributed by atoms with Gasteiger partial charge in [0, 0.05) is 36.8 Å². The van der Waals surface area contributed by atoms with Gasteiger partial charge in [0.25, 0.3) is 0 Å². The number of benzene rings is 1. The second kappa shape index (κ2) is 7.68. The van der Waals surface area contributed by atoms with E-state index in [1.165, 1.54) is 12.1 Å². The van der Waals surface area contributed by atoms with E-state index in [9.17, 15) is 9.18 Å². The number of nitrogens with zero attached hydrogens (tertiary/aromatic N) is 2. The standard InChI is InChI=1S/C21H21FN2O3.ClH/c22-15-1-2-17-20(11-15)27-23-21(17)14-3-6-24(7-4-14)12-13-9-18(25)16-5-8-26-19(16)10-13;/h1-2,5,8,11,13-14H,3-4,6-7,9-10,12H2;1H/t13-;/m1./s1. The Hall–Kier alpha value is -2.18. The third-order valence-corrected chi connectivity index (χ3v) is 5.95. The number of fused-ring (bicyclic) bond motifs is 2. The molecule has 0 amide bonds. The predicted octanol–water partition coefficient (Wildman–Crippen LogP) is 4.61. The lowest BCUT2D eigenvalue weighted by molar-refractivity contribution is 0.0914. The molecule has 1 aliphatic carbocycles. The molecule has 0 radical (unpaired) electrons. The summed E-state index contributed by atoms with van der Waals surface area (Å²) in [7, 11) is 0. The Morgan fingerprint density at radius 3 is 2.82 bits per heavy atom. The number of carbonyl (C=O) groups excluding carboxylic acids is 1. The third kappa shape index (κ3) is 3.47. The number of halogens is 2. The van der Waals surface area contributed by atoms with Crippen molar-refractivity contribution in [3.8, 4) is 0 Å². The molecule has 1 aliphatic heterocycles. The van der Waals surface area contributed by atoms with E-state index < -0.39 is 0 Å². The van der Waals surface area contributed by atoms with Gasteiger partial charge in [-0.05, 0) is 50.0 Å². The molecule has 1 fully saturated rings. The van der Waals surface area contributed by atoms with Gasteiger partial charge in [-0.15, -0.1) is 12.4 Å². The molecule has 0 bridgehead atoms. The number of rotatable bonds is 3. The number of furan rings is 1. The second-order valence-corrected chi connectivity index (χ2v) is 7.74. The summed E-state index contributed by atoms with van der Waals surface area (Å²) in [5, 5.41) is 5.13. The molecule has 0 N–H and O–H groups in total. The van der Waals surface area contributed by atoms with Crippen molar-refractivity contribution in [2.24, 2.45) is 5.92 Å². The highest BCUT2D eigenvalue weighted by molar-refractivity contribution is 5.98. The van der Waals surface area contributed by atoms with Crippen LogP contribution in [-0.2, 0) is 6.42 Å². The van der Waals surface area contributed by atoms with Crippen LogP contribution in [0.25, 0.3) is 11.0 Å². The first-order valence-corrected chi connectivity index (χ1v) is 9.54. The molecule has 3 heterocycles. The van der Waals surface area contributed by atoms with E-state index in [1.54, 1.807) is 18.4 Å². The van der Waals surface area contributed by atoms with Crippen molar-refractivity contribution in [3.05, 3.63) is 53.4 Å². The lowest BCUT2D eigenvalue weighted by Crippen LogP contribution is -2.38. The Labute approximate surface area is 168 Å². The minimum atomic E-state index is -0.304. The first kappa shape index (κ1) is 19.2. The normalized spacial score (nSPS) is 20.9. The summed E-state index contributed by atoms with van der Waals surface area (Å²) in [6.45, 7) is 2.86. The van der Waals surface area contributed by atoms with Gasteiger partial charge in [-0.3, -0.25) is 4.79 Å². The van der Waals surface area contributed by atoms with Crippen molar-refractivity contribution in [3.63, 3.8) is 0 Å². The molecular weight excluding hydrogens is 383 g/mol. The number of hydrogen-bond acceptors (Lipinski definition) is 5. The molecule has 1 aromatic carbocycles. The van der Waals surface area contributed by atoms with Crippen molar-refractivity contribution < 1.29 is 18.1 Å². The molecule has 3 aromatic rings. The van der Waals surface area contributed by atoms with Crippen molar-refractivity contribution in [1.82, 2.24) is 10.1 Å². The molecule has 1 atom stereocenters. The lowest BCUT2D eigenvalue weighted by atomic mass is 9.86. The molecule has 28 heavy (non-hydrogen) atoms. The molecule has 0 spiro atoms. The smallest absolute Gasteiger partial charge is 0.170 e. The maximum atomic E-state index is 13.3. The van der Waals surface area contributed by atoms with Gasteiger partial charge in [0.1, 0.15) is 11.6 Å². The van der Waals surface area contributed by atoms with Gasteiger partial charge in [-0.2, -0.15) is 0 Å². The molecule has 0 saturated carbocycles. The number of Topliss-reactive ketones (excluding diaryl/α,β-unsaturated/α-hetero) is 1. The van der Waals surface area contributed by atoms with Crippen LogP contribution in [-0.4, -0.2) is 35.5 Å². The Morgan fingerprint density at radius 1 is 1.18 bits per heavy atom. The molecule has 7 heteroatoms. The maximum absolute atomic E-state index is 13.3. The molecule has 2 aromatic heterocycles. The Kier molecular flexibility index (Phi) is 5.25. The van der Waals surface area contributed by atoms with E-state index >= 15 is 0 Å². The van der Waals surface area contributed by atoms with Crippen LogP contribution >= 0.6 is 12.4 Å². The van der Waals surface area contributed by atoms with Crippen LogP contribution in [0.2, 0.25) is 0 Å². The summed E-state index contributed by atoms with van der Waals surface area (Å²) < 4.78 is 24.1. The Morgan fingerprint density at radius 2 is 2.00 bits per heavy atom. The van der Waals surface area contributed by atoms with Crippen LogP contribution in [0.4, 0.5) is 4.39 Å². The SMILES string of the molecule is Cl.O=C1C[C@@H](CN2CCC(c3noc4cc(F)ccc34)CC2)Cc2occc21. The highest BCUT2D eigenvalue weighted by Crippen LogP contribution is 2.34. The summed E-state index contributed by atoms with van der Waals surface area (Å²) in [4.78, 5) is 14.7. The topological polar surface area (TPSA) is 59.5 Å². The average Bonchev–Trinajstić information content (AvgIpc) is 3.29. The van der Waals surface area contributed by atoms with Gasteiger partial charge in [0.05, 0.1) is 17.5 Å². The zero-order chi connectivity index (χ0) is 18.4. The minimum absolute atomic E-state index is 0. The summed E-state index contributed by atoms with van der Waals surface area (Å²) in [6.07, 6.45) is 5.04. The van der Waals surface area contributed by atoms with Crippen LogP contribution < -0.4 is 0 Å². The van der Waals surface area contributed by atoms with Gasteiger partial charge in [0.15, 0.2) is 11.4 Å². The summed E-state index contributed by atoms with van der Waals surface area (Å²) in [5.41, 5.74) is 2.22. The van der Waals surface area contributed by atoms with Crippen LogP contribution in [0.1, 0.15) is 47.0 Å². The van der Waals surface area contributed by atoms with Crippen LogP contribution in [0, 0.1) is 11.7 Å². The second-order valence-electron chi connectivity index (χ2n) is 7.74. The number of ketones is 1. The minimum Gasteiger partial charge on any atom is -0.469 e. The van der Waals surface area contributed by atoms with Crippen molar-refractivity contribution in [2.75, 3.05) is 19.6 Å². The van der Waals surface area contributed by atoms with E-state index in [4.69, 9.17) is 8.94 Å². The molecular formula is C21H22ClFN2O3. The van der Waals surface area contributed by atoms with E-state index in [0.717, 1.165) is 61.3 Å². The molecule has 0 unspecified atom stereocenters. The Balaban J connectivity index is 0.00000192. The van der Waals surface area contributed by atoms with E-state index in [2.05, 4.69) is 10.1 Å². The fraction of sp³-hybridized carbons (Fsp3) is 0.429. The Bertz CT molecular complexity index is 991. The number of piperidine rings is 1. The molecule has 1 saturated heterocycles. The van der Waals surface area contributed by atoms with E-state index in [1.807, 2.05) is 0 Å². The molecule has 2 aliphatic rings. The van der Waals surface area contributed by atoms with Gasteiger partial charge in [-0.1, -0.05) is 5.16 Å². The van der Waals surface area contributed by atoms with Gasteiger partial charge >= 0.3 is 0 Å². The summed E-state index contributed by atoms with van der Waals surface area (Å²) in [6, 6.07) is 6.40. The number of likely N-dealkylation sites (tertiary alicyclic amines) is 1. The summed E-state index contributed by atoms with van der Waals surface area (Å²) in [5.74, 6) is 1.39. The predicted molar refractivity (Wildman–Crippen MR) is 104 cm³/mol. The van der Waals surface area contributed by atoms with Gasteiger partial charge < -0.3 is 13.8 Å². The average molecular weight is 405 g/mol. The number of carbonyl (C=O) groups is 1. The van der Waals surface area contributed by atoms with Crippen LogP contribution in [0.15, 0.2) is 39.5 Å². The number of aromatic nitrogens is 1. The van der Waals surface area contributed by atoms with Crippen molar-refractivity contribution >= 4 is 29.2 Å². The third-order valence-electron chi connectivity index (χ3n) is 5.95. The summed E-state index contributed by atoms with van der Waals surface area (Å²) >= 11 is 0. The highest BCUT2D eigenvalue weighted by Gasteiger charge is 2.31.